The Morgan fingerprint density at radius 3 is 2.88 bits per heavy atom. The van der Waals surface area contributed by atoms with Crippen molar-refractivity contribution in [2.45, 2.75) is 39.2 Å². The van der Waals surface area contributed by atoms with Gasteiger partial charge in [-0.25, -0.2) is 0 Å². The molecule has 90 valence electrons. The number of carbonyl (C=O) groups is 1. The van der Waals surface area contributed by atoms with E-state index in [0.29, 0.717) is 0 Å². The first-order valence-corrected chi connectivity index (χ1v) is 5.46. The highest BCUT2D eigenvalue weighted by atomic mass is 16.5. The smallest absolute Gasteiger partial charge is 0.290 e. The second-order valence-corrected chi connectivity index (χ2v) is 3.98. The van der Waals surface area contributed by atoms with E-state index in [2.05, 4.69) is 10.5 Å². The van der Waals surface area contributed by atoms with E-state index in [0.717, 1.165) is 12.1 Å². The number of amides is 1. The highest BCUT2D eigenvalue weighted by Crippen LogP contribution is 2.17. The maximum atomic E-state index is 11.6. The zero-order valence-electron chi connectivity index (χ0n) is 9.86. The van der Waals surface area contributed by atoms with Crippen LogP contribution in [0.1, 0.15) is 49.4 Å². The maximum Gasteiger partial charge on any atom is 0.290 e. The zero-order valence-corrected chi connectivity index (χ0v) is 9.86. The van der Waals surface area contributed by atoms with Gasteiger partial charge < -0.3 is 14.9 Å². The number of aliphatic hydroxyl groups is 1. The van der Waals surface area contributed by atoms with Gasteiger partial charge in [0, 0.05) is 18.0 Å². The van der Waals surface area contributed by atoms with E-state index in [4.69, 9.17) is 9.63 Å². The van der Waals surface area contributed by atoms with Crippen molar-refractivity contribution in [1.82, 2.24) is 10.5 Å². The van der Waals surface area contributed by atoms with E-state index < -0.39 is 0 Å². The molecule has 2 unspecified atom stereocenters. The molecular weight excluding hydrogens is 208 g/mol. The SMILES string of the molecule is CCC(C)c1cc(C(=O)NC(C)CO)on1. The summed E-state index contributed by atoms with van der Waals surface area (Å²) in [5.41, 5.74) is 0.782. The minimum Gasteiger partial charge on any atom is -0.394 e. The lowest BCUT2D eigenvalue weighted by Gasteiger charge is -2.07. The van der Waals surface area contributed by atoms with Crippen molar-refractivity contribution in [3.8, 4) is 0 Å². The number of rotatable bonds is 5. The Morgan fingerprint density at radius 2 is 2.31 bits per heavy atom. The zero-order chi connectivity index (χ0) is 12.1. The van der Waals surface area contributed by atoms with Gasteiger partial charge in [0.1, 0.15) is 0 Å². The van der Waals surface area contributed by atoms with Gasteiger partial charge in [-0.05, 0) is 13.3 Å². The third kappa shape index (κ3) is 3.06. The maximum absolute atomic E-state index is 11.6. The predicted molar refractivity (Wildman–Crippen MR) is 59.2 cm³/mol. The standard InChI is InChI=1S/C11H18N2O3/c1-4-7(2)9-5-10(16-13-9)11(15)12-8(3)6-14/h5,7-8,14H,4,6H2,1-3H3,(H,12,15). The molecule has 1 aromatic rings. The molecule has 16 heavy (non-hydrogen) atoms. The van der Waals surface area contributed by atoms with Crippen LogP contribution in [0, 0.1) is 0 Å². The summed E-state index contributed by atoms with van der Waals surface area (Å²) >= 11 is 0. The molecular formula is C11H18N2O3. The second-order valence-electron chi connectivity index (χ2n) is 3.98. The Bertz CT molecular complexity index is 349. The van der Waals surface area contributed by atoms with Gasteiger partial charge in [-0.15, -0.1) is 0 Å². The van der Waals surface area contributed by atoms with E-state index in [-0.39, 0.29) is 30.2 Å². The van der Waals surface area contributed by atoms with Gasteiger partial charge >= 0.3 is 0 Å². The fourth-order valence-corrected chi connectivity index (χ4v) is 1.18. The van der Waals surface area contributed by atoms with Crippen LogP contribution >= 0.6 is 0 Å². The summed E-state index contributed by atoms with van der Waals surface area (Å²) in [6.07, 6.45) is 0.945. The van der Waals surface area contributed by atoms with Crippen LogP contribution in [0.5, 0.6) is 0 Å². The molecule has 2 atom stereocenters. The van der Waals surface area contributed by atoms with Crippen molar-refractivity contribution >= 4 is 5.91 Å². The Labute approximate surface area is 94.8 Å². The summed E-state index contributed by atoms with van der Waals surface area (Å²) in [7, 11) is 0. The largest absolute Gasteiger partial charge is 0.394 e. The second kappa shape index (κ2) is 5.65. The number of hydrogen-bond acceptors (Lipinski definition) is 4. The van der Waals surface area contributed by atoms with E-state index >= 15 is 0 Å². The fraction of sp³-hybridized carbons (Fsp3) is 0.636. The number of nitrogens with one attached hydrogen (secondary N) is 1. The summed E-state index contributed by atoms with van der Waals surface area (Å²) in [5.74, 6) is 0.125. The van der Waals surface area contributed by atoms with E-state index in [1.165, 1.54) is 0 Å². The summed E-state index contributed by atoms with van der Waals surface area (Å²) in [5, 5.41) is 15.2. The summed E-state index contributed by atoms with van der Waals surface area (Å²) in [6, 6.07) is 1.36. The van der Waals surface area contributed by atoms with Crippen LogP contribution in [0.15, 0.2) is 10.6 Å². The van der Waals surface area contributed by atoms with Crippen LogP contribution in [-0.4, -0.2) is 28.8 Å². The van der Waals surface area contributed by atoms with Crippen molar-refractivity contribution in [3.63, 3.8) is 0 Å². The third-order valence-corrected chi connectivity index (χ3v) is 2.52. The fourth-order valence-electron chi connectivity index (χ4n) is 1.18. The lowest BCUT2D eigenvalue weighted by molar-refractivity contribution is 0.0885. The summed E-state index contributed by atoms with van der Waals surface area (Å²) in [6.45, 7) is 5.69. The van der Waals surface area contributed by atoms with E-state index in [9.17, 15) is 4.79 Å². The molecule has 0 aliphatic heterocycles. The monoisotopic (exact) mass is 226 g/mol. The van der Waals surface area contributed by atoms with E-state index in [1.807, 2.05) is 13.8 Å². The highest BCUT2D eigenvalue weighted by Gasteiger charge is 2.16. The van der Waals surface area contributed by atoms with E-state index in [1.54, 1.807) is 13.0 Å². The molecule has 2 N–H and O–H groups in total. The van der Waals surface area contributed by atoms with Gasteiger partial charge in [0.05, 0.1) is 12.3 Å². The van der Waals surface area contributed by atoms with Gasteiger partial charge in [0.15, 0.2) is 0 Å². The molecule has 1 heterocycles. The van der Waals surface area contributed by atoms with Crippen molar-refractivity contribution in [1.29, 1.82) is 0 Å². The first kappa shape index (κ1) is 12.7. The number of aliphatic hydroxyl groups excluding tert-OH is 1. The van der Waals surface area contributed by atoms with Crippen LogP contribution in [-0.2, 0) is 0 Å². The van der Waals surface area contributed by atoms with Crippen molar-refractivity contribution in [2.24, 2.45) is 0 Å². The van der Waals surface area contributed by atoms with Crippen molar-refractivity contribution < 1.29 is 14.4 Å². The van der Waals surface area contributed by atoms with Gasteiger partial charge in [-0.1, -0.05) is 19.0 Å². The molecule has 5 nitrogen and oxygen atoms in total. The molecule has 0 saturated carbocycles. The average Bonchev–Trinajstić information content (AvgIpc) is 2.77. The molecule has 1 rings (SSSR count). The number of nitrogens with zero attached hydrogens (tertiary/aromatic N) is 1. The molecule has 1 amide bonds. The lowest BCUT2D eigenvalue weighted by Crippen LogP contribution is -2.34. The molecule has 0 saturated heterocycles. The first-order valence-electron chi connectivity index (χ1n) is 5.46. The summed E-state index contributed by atoms with van der Waals surface area (Å²) in [4.78, 5) is 11.6. The molecule has 0 fully saturated rings. The number of hydrogen-bond donors (Lipinski definition) is 2. The molecule has 0 bridgehead atoms. The Kier molecular flexibility index (Phi) is 4.49. The topological polar surface area (TPSA) is 75.4 Å². The quantitative estimate of drug-likeness (QED) is 0.793. The van der Waals surface area contributed by atoms with Gasteiger partial charge in [0.25, 0.3) is 5.91 Å². The number of aromatic nitrogens is 1. The van der Waals surface area contributed by atoms with Crippen LogP contribution in [0.4, 0.5) is 0 Å². The van der Waals surface area contributed by atoms with Crippen molar-refractivity contribution in [2.75, 3.05) is 6.61 Å². The molecule has 0 aromatic carbocycles. The average molecular weight is 226 g/mol. The van der Waals surface area contributed by atoms with Gasteiger partial charge in [-0.3, -0.25) is 4.79 Å². The minimum atomic E-state index is -0.344. The molecule has 1 aromatic heterocycles. The lowest BCUT2D eigenvalue weighted by atomic mass is 10.1. The Balaban J connectivity index is 2.67. The highest BCUT2D eigenvalue weighted by molar-refractivity contribution is 5.91. The molecule has 0 radical (unpaired) electrons. The molecule has 0 aliphatic rings. The Hall–Kier alpha value is -1.36. The number of carbonyl (C=O) groups excluding carboxylic acids is 1. The molecule has 5 heteroatoms. The normalized spacial score (nSPS) is 14.5. The predicted octanol–water partition coefficient (Wildman–Crippen LogP) is 1.30. The molecule has 0 aliphatic carbocycles. The minimum absolute atomic E-state index is 0.0991. The van der Waals surface area contributed by atoms with Gasteiger partial charge in [0.2, 0.25) is 5.76 Å². The van der Waals surface area contributed by atoms with Crippen LogP contribution in [0.25, 0.3) is 0 Å². The van der Waals surface area contributed by atoms with Gasteiger partial charge in [-0.2, -0.15) is 0 Å². The van der Waals surface area contributed by atoms with Crippen LogP contribution < -0.4 is 5.32 Å². The Morgan fingerprint density at radius 1 is 1.62 bits per heavy atom. The third-order valence-electron chi connectivity index (χ3n) is 2.52. The van der Waals surface area contributed by atoms with Crippen molar-refractivity contribution in [3.05, 3.63) is 17.5 Å². The summed E-state index contributed by atoms with van der Waals surface area (Å²) < 4.78 is 4.95. The first-order chi connectivity index (χ1) is 7.58. The van der Waals surface area contributed by atoms with Crippen LogP contribution in [0.3, 0.4) is 0 Å². The molecule has 0 spiro atoms. The van der Waals surface area contributed by atoms with Crippen LogP contribution in [0.2, 0.25) is 0 Å².